The van der Waals surface area contributed by atoms with Gasteiger partial charge in [-0.2, -0.15) is 8.42 Å². The summed E-state index contributed by atoms with van der Waals surface area (Å²) in [6.45, 7) is 2.12. The number of aryl methyl sites for hydroxylation is 1. The van der Waals surface area contributed by atoms with Gasteiger partial charge in [0.15, 0.2) is 0 Å². The second-order valence-electron chi connectivity index (χ2n) is 6.66. The number of hydrogen-bond donors (Lipinski definition) is 1. The van der Waals surface area contributed by atoms with Gasteiger partial charge in [-0.25, -0.2) is 0 Å². The average molecular weight is 421 g/mol. The Morgan fingerprint density at radius 2 is 1.76 bits per heavy atom. The molecule has 0 aliphatic carbocycles. The predicted molar refractivity (Wildman–Crippen MR) is 112 cm³/mol. The van der Waals surface area contributed by atoms with Crippen molar-refractivity contribution in [2.75, 3.05) is 27.1 Å². The van der Waals surface area contributed by atoms with Crippen LogP contribution in [0.3, 0.4) is 0 Å². The van der Waals surface area contributed by atoms with Crippen molar-refractivity contribution in [1.29, 1.82) is 0 Å². The highest BCUT2D eigenvalue weighted by Gasteiger charge is 2.22. The molecule has 0 bridgehead atoms. The molecule has 2 atom stereocenters. The Hall–Kier alpha value is -2.03. The first-order chi connectivity index (χ1) is 13.9. The summed E-state index contributed by atoms with van der Waals surface area (Å²) in [6, 6.07) is 16.0. The van der Waals surface area contributed by atoms with Crippen LogP contribution in [0.5, 0.6) is 0 Å². The Morgan fingerprint density at radius 3 is 2.41 bits per heavy atom. The molecule has 0 fully saturated rings. The van der Waals surface area contributed by atoms with E-state index < -0.39 is 22.1 Å². The van der Waals surface area contributed by atoms with Crippen molar-refractivity contribution in [2.24, 2.45) is 5.92 Å². The van der Waals surface area contributed by atoms with Crippen LogP contribution >= 0.6 is 0 Å². The van der Waals surface area contributed by atoms with Crippen molar-refractivity contribution in [3.63, 3.8) is 0 Å². The van der Waals surface area contributed by atoms with Crippen LogP contribution in [0.25, 0.3) is 6.08 Å². The molecule has 158 valence electrons. The summed E-state index contributed by atoms with van der Waals surface area (Å²) in [5.74, 6) is -0.526. The van der Waals surface area contributed by atoms with Crippen LogP contribution in [0.2, 0.25) is 0 Å². The van der Waals surface area contributed by atoms with Crippen molar-refractivity contribution in [3.8, 4) is 0 Å². The van der Waals surface area contributed by atoms with E-state index in [1.54, 1.807) is 18.2 Å². The summed E-state index contributed by atoms with van der Waals surface area (Å²) in [7, 11) is -2.39. The topological polar surface area (TPSA) is 82.1 Å². The summed E-state index contributed by atoms with van der Waals surface area (Å²) in [5, 5.41) is 10.5. The lowest BCUT2D eigenvalue weighted by Crippen LogP contribution is -2.26. The number of hydrogen-bond acceptors (Lipinski definition) is 6. The van der Waals surface area contributed by atoms with Crippen LogP contribution in [-0.4, -0.2) is 46.7 Å². The molecule has 2 rings (SSSR count). The zero-order chi connectivity index (χ0) is 21.1. The molecule has 0 heterocycles. The zero-order valence-electron chi connectivity index (χ0n) is 16.7. The second-order valence-corrected chi connectivity index (χ2v) is 8.27. The molecule has 0 radical (unpaired) electrons. The quantitative estimate of drug-likeness (QED) is 0.322. The number of aliphatic hydroxyl groups is 1. The van der Waals surface area contributed by atoms with Gasteiger partial charge in [-0.1, -0.05) is 60.2 Å². The minimum absolute atomic E-state index is 0.0896. The maximum absolute atomic E-state index is 12.5. The van der Waals surface area contributed by atoms with Gasteiger partial charge in [0.05, 0.1) is 24.2 Å². The Bertz CT molecular complexity index is 847. The molecule has 29 heavy (non-hydrogen) atoms. The standard InChI is InChI=1S/C22H28O6S/c1-18-8-12-21(13-9-18)29(24,25)28-16-20(22(23)14-15-27-17-26-2)11-10-19-6-4-3-5-7-19/h3-13,20,22-23H,14-17H2,1-2H3/b11-10+/t20-,22-/m0/s1. The molecule has 0 unspecified atom stereocenters. The van der Waals surface area contributed by atoms with Gasteiger partial charge in [0.25, 0.3) is 10.1 Å². The van der Waals surface area contributed by atoms with Crippen molar-refractivity contribution < 1.29 is 27.2 Å². The molecular weight excluding hydrogens is 392 g/mol. The van der Waals surface area contributed by atoms with Crippen molar-refractivity contribution in [2.45, 2.75) is 24.3 Å². The Kier molecular flexibility index (Phi) is 9.50. The molecular formula is C22H28O6S. The number of ether oxygens (including phenoxy) is 2. The first-order valence-corrected chi connectivity index (χ1v) is 10.8. The normalized spacial score (nSPS) is 14.2. The SMILES string of the molecule is COCOCC[C@H](O)[C@@H](/C=C/c1ccccc1)COS(=O)(=O)c1ccc(C)cc1. The summed E-state index contributed by atoms with van der Waals surface area (Å²) >= 11 is 0. The fourth-order valence-corrected chi connectivity index (χ4v) is 3.54. The van der Waals surface area contributed by atoms with Gasteiger partial charge in [0.1, 0.15) is 6.79 Å². The number of benzene rings is 2. The molecule has 0 aliphatic heterocycles. The van der Waals surface area contributed by atoms with Gasteiger partial charge >= 0.3 is 0 Å². The van der Waals surface area contributed by atoms with Crippen LogP contribution < -0.4 is 0 Å². The van der Waals surface area contributed by atoms with E-state index in [1.807, 2.05) is 43.3 Å². The lowest BCUT2D eigenvalue weighted by molar-refractivity contribution is -0.0437. The van der Waals surface area contributed by atoms with E-state index in [2.05, 4.69) is 0 Å². The van der Waals surface area contributed by atoms with Crippen molar-refractivity contribution in [3.05, 3.63) is 71.8 Å². The van der Waals surface area contributed by atoms with Gasteiger partial charge in [-0.15, -0.1) is 0 Å². The Morgan fingerprint density at radius 1 is 1.07 bits per heavy atom. The van der Waals surface area contributed by atoms with E-state index in [-0.39, 0.29) is 24.9 Å². The van der Waals surface area contributed by atoms with E-state index >= 15 is 0 Å². The summed E-state index contributed by atoms with van der Waals surface area (Å²) < 4.78 is 40.2. The lowest BCUT2D eigenvalue weighted by Gasteiger charge is -2.20. The van der Waals surface area contributed by atoms with Gasteiger partial charge in [-0.05, 0) is 31.0 Å². The lowest BCUT2D eigenvalue weighted by atomic mass is 9.99. The fourth-order valence-electron chi connectivity index (χ4n) is 2.60. The summed E-state index contributed by atoms with van der Waals surface area (Å²) in [5.41, 5.74) is 1.90. The molecule has 0 saturated carbocycles. The Labute approximate surface area is 172 Å². The third-order valence-corrected chi connectivity index (χ3v) is 5.61. The molecule has 0 aromatic heterocycles. The smallest absolute Gasteiger partial charge is 0.296 e. The van der Waals surface area contributed by atoms with E-state index in [4.69, 9.17) is 13.7 Å². The average Bonchev–Trinajstić information content (AvgIpc) is 2.72. The minimum Gasteiger partial charge on any atom is -0.392 e. The minimum atomic E-state index is -3.91. The van der Waals surface area contributed by atoms with Crippen LogP contribution in [0.1, 0.15) is 17.5 Å². The van der Waals surface area contributed by atoms with E-state index in [9.17, 15) is 13.5 Å². The van der Waals surface area contributed by atoms with E-state index in [0.29, 0.717) is 6.42 Å². The Balaban J connectivity index is 2.07. The largest absolute Gasteiger partial charge is 0.392 e. The maximum atomic E-state index is 12.5. The van der Waals surface area contributed by atoms with Gasteiger partial charge in [-0.3, -0.25) is 4.18 Å². The summed E-state index contributed by atoms with van der Waals surface area (Å²) in [6.07, 6.45) is 3.09. The zero-order valence-corrected chi connectivity index (χ0v) is 17.5. The van der Waals surface area contributed by atoms with E-state index in [0.717, 1.165) is 11.1 Å². The molecule has 0 spiro atoms. The summed E-state index contributed by atoms with van der Waals surface area (Å²) in [4.78, 5) is 0.0896. The van der Waals surface area contributed by atoms with Crippen LogP contribution in [0.15, 0.2) is 65.6 Å². The first kappa shape index (κ1) is 23.3. The molecule has 0 aliphatic rings. The van der Waals surface area contributed by atoms with Gasteiger partial charge < -0.3 is 14.6 Å². The highest BCUT2D eigenvalue weighted by molar-refractivity contribution is 7.86. The van der Waals surface area contributed by atoms with Crippen molar-refractivity contribution >= 4 is 16.2 Å². The van der Waals surface area contributed by atoms with E-state index in [1.165, 1.54) is 19.2 Å². The molecule has 7 heteroatoms. The first-order valence-electron chi connectivity index (χ1n) is 9.36. The fraction of sp³-hybridized carbons (Fsp3) is 0.364. The molecule has 0 saturated heterocycles. The number of aliphatic hydroxyl groups excluding tert-OH is 1. The van der Waals surface area contributed by atoms with Gasteiger partial charge in [0.2, 0.25) is 0 Å². The maximum Gasteiger partial charge on any atom is 0.296 e. The monoisotopic (exact) mass is 420 g/mol. The molecule has 2 aromatic carbocycles. The number of methoxy groups -OCH3 is 1. The highest BCUT2D eigenvalue weighted by atomic mass is 32.2. The number of rotatable bonds is 12. The van der Waals surface area contributed by atoms with Crippen LogP contribution in [0.4, 0.5) is 0 Å². The third kappa shape index (κ3) is 8.08. The van der Waals surface area contributed by atoms with Gasteiger partial charge in [0, 0.05) is 13.0 Å². The third-order valence-electron chi connectivity index (χ3n) is 4.31. The molecule has 1 N–H and O–H groups in total. The van der Waals surface area contributed by atoms with Crippen molar-refractivity contribution in [1.82, 2.24) is 0 Å². The molecule has 2 aromatic rings. The predicted octanol–water partition coefficient (Wildman–Crippen LogP) is 3.40. The van der Waals surface area contributed by atoms with Crippen LogP contribution in [0, 0.1) is 12.8 Å². The molecule has 6 nitrogen and oxygen atoms in total. The van der Waals surface area contributed by atoms with Crippen LogP contribution in [-0.2, 0) is 23.8 Å². The second kappa shape index (κ2) is 11.8. The molecule has 0 amide bonds. The highest BCUT2D eigenvalue weighted by Crippen LogP contribution is 2.18.